The van der Waals surface area contributed by atoms with Gasteiger partial charge in [0.05, 0.1) is 5.56 Å². The normalized spacial score (nSPS) is 16.0. The third kappa shape index (κ3) is 1.54. The summed E-state index contributed by atoms with van der Waals surface area (Å²) in [5, 5.41) is 0. The van der Waals surface area contributed by atoms with Crippen molar-refractivity contribution in [3.05, 3.63) is 47.0 Å². The fourth-order valence-corrected chi connectivity index (χ4v) is 1.58. The quantitative estimate of drug-likeness (QED) is 0.604. The lowest BCUT2D eigenvalue weighted by Crippen LogP contribution is -2.08. The van der Waals surface area contributed by atoms with E-state index in [0.29, 0.717) is 5.56 Å². The second-order valence-corrected chi connectivity index (χ2v) is 3.43. The molecular weight excluding hydrogens is 189 g/mol. The van der Waals surface area contributed by atoms with Gasteiger partial charge < -0.3 is 0 Å². The minimum absolute atomic E-state index is 0.122. The molecule has 14 heavy (non-hydrogen) atoms. The first-order chi connectivity index (χ1) is 6.50. The number of hydrogen-bond acceptors (Lipinski definition) is 0. The Balaban J connectivity index is 2.46. The van der Waals surface area contributed by atoms with Crippen molar-refractivity contribution in [3.8, 4) is 0 Å². The average Bonchev–Trinajstić information content (AvgIpc) is 2.85. The van der Waals surface area contributed by atoms with E-state index in [2.05, 4.69) is 0 Å². The van der Waals surface area contributed by atoms with Gasteiger partial charge in [0.15, 0.2) is 0 Å². The average molecular weight is 198 g/mol. The van der Waals surface area contributed by atoms with E-state index in [1.54, 1.807) is 6.07 Å². The Kier molecular flexibility index (Phi) is 1.91. The van der Waals surface area contributed by atoms with Crippen LogP contribution in [0.2, 0.25) is 0 Å². The van der Waals surface area contributed by atoms with Gasteiger partial charge in [0.25, 0.3) is 0 Å². The molecule has 0 radical (unpaired) electrons. The Morgan fingerprint density at radius 1 is 1.14 bits per heavy atom. The molecule has 1 aliphatic rings. The zero-order valence-electron chi connectivity index (χ0n) is 7.60. The summed E-state index contributed by atoms with van der Waals surface area (Å²) in [5.74, 6) is 0.122. The number of alkyl halides is 3. The lowest BCUT2D eigenvalue weighted by Gasteiger charge is -2.13. The van der Waals surface area contributed by atoms with Crippen LogP contribution in [0.5, 0.6) is 0 Å². The Labute approximate surface area is 80.1 Å². The Morgan fingerprint density at radius 3 is 2.29 bits per heavy atom. The third-order valence-corrected chi connectivity index (χ3v) is 2.43. The number of halogens is 3. The molecule has 0 fully saturated rings. The van der Waals surface area contributed by atoms with E-state index in [1.807, 2.05) is 12.2 Å². The fraction of sp³-hybridized carbons (Fsp3) is 0.273. The van der Waals surface area contributed by atoms with E-state index in [-0.39, 0.29) is 5.92 Å². The molecule has 2 rings (SSSR count). The molecule has 0 heterocycles. The van der Waals surface area contributed by atoms with Gasteiger partial charge in [-0.25, -0.2) is 0 Å². The largest absolute Gasteiger partial charge is 0.416 e. The number of allylic oxidation sites excluding steroid dienone is 2. The van der Waals surface area contributed by atoms with E-state index in [1.165, 1.54) is 13.0 Å². The van der Waals surface area contributed by atoms with Gasteiger partial charge in [-0.3, -0.25) is 0 Å². The molecule has 0 N–H and O–H groups in total. The summed E-state index contributed by atoms with van der Waals surface area (Å²) >= 11 is 0. The summed E-state index contributed by atoms with van der Waals surface area (Å²) in [6.07, 6.45) is -0.458. The summed E-state index contributed by atoms with van der Waals surface area (Å²) < 4.78 is 37.5. The molecule has 0 aliphatic heterocycles. The van der Waals surface area contributed by atoms with E-state index in [9.17, 15) is 13.2 Å². The van der Waals surface area contributed by atoms with Crippen molar-refractivity contribution in [3.63, 3.8) is 0 Å². The summed E-state index contributed by atoms with van der Waals surface area (Å²) in [6.45, 7) is 1.53. The molecule has 0 nitrogen and oxygen atoms in total. The van der Waals surface area contributed by atoms with Gasteiger partial charge in [-0.1, -0.05) is 24.3 Å². The highest BCUT2D eigenvalue weighted by Crippen LogP contribution is 2.38. The lowest BCUT2D eigenvalue weighted by atomic mass is 9.98. The van der Waals surface area contributed by atoms with Gasteiger partial charge in [-0.05, 0) is 24.1 Å². The molecule has 0 saturated carbocycles. The van der Waals surface area contributed by atoms with Gasteiger partial charge in [0.2, 0.25) is 0 Å². The third-order valence-electron chi connectivity index (χ3n) is 2.43. The van der Waals surface area contributed by atoms with Crippen LogP contribution in [0.25, 0.3) is 0 Å². The lowest BCUT2D eigenvalue weighted by molar-refractivity contribution is -0.138. The maximum Gasteiger partial charge on any atom is 0.416 e. The predicted octanol–water partition coefficient (Wildman–Crippen LogP) is 3.67. The summed E-state index contributed by atoms with van der Waals surface area (Å²) in [5.41, 5.74) is 0.582. The molecule has 3 heteroatoms. The first-order valence-corrected chi connectivity index (χ1v) is 4.35. The molecule has 0 aromatic heterocycles. The van der Waals surface area contributed by atoms with Crippen LogP contribution in [0.1, 0.15) is 22.6 Å². The van der Waals surface area contributed by atoms with Crippen molar-refractivity contribution < 1.29 is 13.2 Å². The maximum atomic E-state index is 12.5. The molecule has 0 atom stereocenters. The monoisotopic (exact) mass is 198 g/mol. The van der Waals surface area contributed by atoms with Crippen molar-refractivity contribution in [2.24, 2.45) is 0 Å². The number of rotatable bonds is 1. The molecule has 0 saturated heterocycles. The molecule has 0 unspecified atom stereocenters. The molecule has 0 amide bonds. The van der Waals surface area contributed by atoms with Crippen LogP contribution in [0, 0.1) is 6.92 Å². The van der Waals surface area contributed by atoms with Gasteiger partial charge in [-0.15, -0.1) is 0 Å². The van der Waals surface area contributed by atoms with E-state index >= 15 is 0 Å². The Hall–Kier alpha value is -1.25. The molecule has 1 aliphatic carbocycles. The minimum atomic E-state index is -4.24. The molecule has 1 aromatic rings. The summed E-state index contributed by atoms with van der Waals surface area (Å²) in [6, 6.07) is 4.33. The van der Waals surface area contributed by atoms with E-state index in [0.717, 1.165) is 11.6 Å². The smallest absolute Gasteiger partial charge is 0.166 e. The van der Waals surface area contributed by atoms with Crippen molar-refractivity contribution >= 4 is 0 Å². The van der Waals surface area contributed by atoms with Crippen LogP contribution in [-0.2, 0) is 6.18 Å². The predicted molar refractivity (Wildman–Crippen MR) is 48.1 cm³/mol. The first-order valence-electron chi connectivity index (χ1n) is 4.35. The van der Waals surface area contributed by atoms with Crippen LogP contribution < -0.4 is 0 Å². The van der Waals surface area contributed by atoms with Crippen LogP contribution in [0.3, 0.4) is 0 Å². The van der Waals surface area contributed by atoms with Crippen LogP contribution >= 0.6 is 0 Å². The Bertz CT molecular complexity index is 382. The van der Waals surface area contributed by atoms with Crippen LogP contribution in [0.4, 0.5) is 13.2 Å². The number of hydrogen-bond donors (Lipinski definition) is 0. The van der Waals surface area contributed by atoms with E-state index in [4.69, 9.17) is 0 Å². The van der Waals surface area contributed by atoms with Crippen LogP contribution in [-0.4, -0.2) is 0 Å². The zero-order valence-corrected chi connectivity index (χ0v) is 7.60. The molecule has 0 spiro atoms. The van der Waals surface area contributed by atoms with Gasteiger partial charge in [-0.2, -0.15) is 13.2 Å². The number of benzene rings is 1. The van der Waals surface area contributed by atoms with Crippen LogP contribution in [0.15, 0.2) is 30.4 Å². The highest BCUT2D eigenvalue weighted by atomic mass is 19.4. The summed E-state index contributed by atoms with van der Waals surface area (Å²) in [4.78, 5) is 0. The molecule has 74 valence electrons. The highest BCUT2D eigenvalue weighted by Gasteiger charge is 2.33. The topological polar surface area (TPSA) is 0 Å². The van der Waals surface area contributed by atoms with Crippen molar-refractivity contribution in [1.82, 2.24) is 0 Å². The maximum absolute atomic E-state index is 12.5. The second-order valence-electron chi connectivity index (χ2n) is 3.43. The van der Waals surface area contributed by atoms with Crippen molar-refractivity contribution in [2.75, 3.05) is 0 Å². The first kappa shape index (κ1) is 9.31. The zero-order chi connectivity index (χ0) is 10.3. The van der Waals surface area contributed by atoms with Gasteiger partial charge in [0.1, 0.15) is 0 Å². The second kappa shape index (κ2) is 2.87. The minimum Gasteiger partial charge on any atom is -0.166 e. The molecule has 1 aromatic carbocycles. The molecular formula is C11H9F3. The van der Waals surface area contributed by atoms with Crippen molar-refractivity contribution in [1.29, 1.82) is 0 Å². The molecule has 0 bridgehead atoms. The SMILES string of the molecule is Cc1c(C2C=C2)cccc1C(F)(F)F. The fourth-order valence-electron chi connectivity index (χ4n) is 1.58. The summed E-state index contributed by atoms with van der Waals surface area (Å²) in [7, 11) is 0. The standard InChI is InChI=1S/C11H9F3/c1-7-9(8-5-6-8)3-2-4-10(7)11(12,13)14/h2-6,8H,1H3. The van der Waals surface area contributed by atoms with Crippen molar-refractivity contribution in [2.45, 2.75) is 19.0 Å². The van der Waals surface area contributed by atoms with E-state index < -0.39 is 11.7 Å². The highest BCUT2D eigenvalue weighted by molar-refractivity contribution is 5.46. The van der Waals surface area contributed by atoms with Gasteiger partial charge >= 0.3 is 6.18 Å². The van der Waals surface area contributed by atoms with Gasteiger partial charge in [0, 0.05) is 5.92 Å². The Morgan fingerprint density at radius 2 is 1.79 bits per heavy atom.